The van der Waals surface area contributed by atoms with Gasteiger partial charge in [-0.05, 0) is 61.9 Å². The number of halogens is 3. The number of benzene rings is 1. The van der Waals surface area contributed by atoms with E-state index in [0.29, 0.717) is 24.3 Å². The van der Waals surface area contributed by atoms with E-state index in [9.17, 15) is 22.8 Å². The van der Waals surface area contributed by atoms with Crippen molar-refractivity contribution in [2.75, 3.05) is 5.32 Å². The van der Waals surface area contributed by atoms with E-state index in [1.165, 1.54) is 24.4 Å². The van der Waals surface area contributed by atoms with Crippen LogP contribution in [0, 0.1) is 5.92 Å². The average Bonchev–Trinajstić information content (AvgIpc) is 3.59. The molecule has 3 aromatic rings. The van der Waals surface area contributed by atoms with Crippen LogP contribution < -0.4 is 15.4 Å². The van der Waals surface area contributed by atoms with Gasteiger partial charge in [0.15, 0.2) is 11.5 Å². The lowest BCUT2D eigenvalue weighted by molar-refractivity contribution is -0.274. The van der Waals surface area contributed by atoms with Gasteiger partial charge in [-0.15, -0.1) is 23.4 Å². The van der Waals surface area contributed by atoms with Gasteiger partial charge in [-0.2, -0.15) is 5.10 Å². The molecule has 2 aromatic heterocycles. The Bertz CT molecular complexity index is 1190. The zero-order valence-corrected chi connectivity index (χ0v) is 19.2. The largest absolute Gasteiger partial charge is 0.573 e. The average molecular weight is 503 g/mol. The van der Waals surface area contributed by atoms with Crippen molar-refractivity contribution in [3.63, 3.8) is 0 Å². The molecule has 0 spiro atoms. The number of nitrogens with one attached hydrogen (secondary N) is 2. The van der Waals surface area contributed by atoms with Crippen molar-refractivity contribution < 1.29 is 27.5 Å². The van der Waals surface area contributed by atoms with Crippen molar-refractivity contribution in [1.29, 1.82) is 0 Å². The summed E-state index contributed by atoms with van der Waals surface area (Å²) in [6.07, 6.45) is 0.839. The molecule has 36 heavy (non-hydrogen) atoms. The van der Waals surface area contributed by atoms with E-state index in [4.69, 9.17) is 0 Å². The van der Waals surface area contributed by atoms with Gasteiger partial charge >= 0.3 is 6.36 Å². The van der Waals surface area contributed by atoms with Crippen molar-refractivity contribution in [3.05, 3.63) is 59.5 Å². The van der Waals surface area contributed by atoms with Crippen molar-refractivity contribution in [3.8, 4) is 5.75 Å². The molecule has 4 rings (SSSR count). The Hall–Kier alpha value is -4.03. The van der Waals surface area contributed by atoms with Crippen LogP contribution in [0.1, 0.15) is 47.4 Å². The maximum Gasteiger partial charge on any atom is 0.573 e. The summed E-state index contributed by atoms with van der Waals surface area (Å²) in [5.41, 5.74) is 1.36. The van der Waals surface area contributed by atoms with Crippen LogP contribution in [0.25, 0.3) is 0 Å². The number of amides is 2. The molecule has 1 saturated carbocycles. The number of hydrogen-bond acceptors (Lipinski definition) is 7. The molecule has 2 heterocycles. The molecule has 0 atom stereocenters. The predicted molar refractivity (Wildman–Crippen MR) is 121 cm³/mol. The van der Waals surface area contributed by atoms with Gasteiger partial charge in [0.2, 0.25) is 5.91 Å². The Morgan fingerprint density at radius 1 is 1.08 bits per heavy atom. The van der Waals surface area contributed by atoms with Gasteiger partial charge in [0.25, 0.3) is 5.91 Å². The highest BCUT2D eigenvalue weighted by Crippen LogP contribution is 2.29. The second-order valence-electron chi connectivity index (χ2n) is 8.38. The van der Waals surface area contributed by atoms with Crippen molar-refractivity contribution in [2.45, 2.75) is 51.6 Å². The summed E-state index contributed by atoms with van der Waals surface area (Å²) in [5, 5.41) is 21.3. The number of nitrogens with zero attached hydrogens (tertiary/aromatic N) is 5. The lowest BCUT2D eigenvalue weighted by atomic mass is 10.2. The molecule has 190 valence electrons. The van der Waals surface area contributed by atoms with Crippen LogP contribution in [-0.4, -0.2) is 43.4 Å². The molecule has 1 aliphatic rings. The molecule has 0 radical (unpaired) electrons. The summed E-state index contributed by atoms with van der Waals surface area (Å²) in [5.74, 6) is -0.308. The molecule has 2 N–H and O–H groups in total. The number of anilines is 1. The summed E-state index contributed by atoms with van der Waals surface area (Å²) in [6, 6.07) is 8.94. The first-order chi connectivity index (χ1) is 17.2. The molecule has 1 aromatic carbocycles. The summed E-state index contributed by atoms with van der Waals surface area (Å²) in [6.45, 7) is 0.547. The summed E-state index contributed by atoms with van der Waals surface area (Å²) in [4.78, 5) is 24.1. The molecular weight excluding hydrogens is 479 g/mol. The van der Waals surface area contributed by atoms with Crippen LogP contribution in [-0.2, 0) is 24.3 Å². The molecule has 0 saturated heterocycles. The van der Waals surface area contributed by atoms with E-state index in [-0.39, 0.29) is 29.8 Å². The van der Waals surface area contributed by atoms with Crippen LogP contribution in [0.4, 0.5) is 19.0 Å². The Kier molecular flexibility index (Phi) is 7.76. The third-order valence-corrected chi connectivity index (χ3v) is 5.35. The topological polar surface area (TPSA) is 124 Å². The number of aromatic nitrogens is 5. The maximum atomic E-state index is 12.4. The highest BCUT2D eigenvalue weighted by Gasteiger charge is 2.31. The zero-order chi connectivity index (χ0) is 25.5. The van der Waals surface area contributed by atoms with Crippen molar-refractivity contribution in [2.24, 2.45) is 5.92 Å². The van der Waals surface area contributed by atoms with Crippen LogP contribution in [0.2, 0.25) is 0 Å². The Balaban J connectivity index is 1.17. The molecule has 0 aliphatic heterocycles. The summed E-state index contributed by atoms with van der Waals surface area (Å²) < 4.78 is 42.5. The second kappa shape index (κ2) is 11.1. The highest BCUT2D eigenvalue weighted by molar-refractivity contribution is 5.93. The molecule has 0 bridgehead atoms. The van der Waals surface area contributed by atoms with Crippen LogP contribution in [0.3, 0.4) is 0 Å². The molecule has 13 heteroatoms. The van der Waals surface area contributed by atoms with Crippen LogP contribution in [0.15, 0.2) is 42.6 Å². The van der Waals surface area contributed by atoms with Crippen molar-refractivity contribution in [1.82, 2.24) is 30.5 Å². The standard InChI is InChI=1S/C23H24F3N7O3/c24-23(25,26)36-18-6-3-4-15(12-18)13-27-22(35)19-14-33(32-30-19)11-2-1-5-17-9-10-20(31-29-17)28-21(34)16-7-8-16/h3-4,6,9-10,12,14,16H,1-2,5,7-8,11,13H2,(H,27,35)(H,28,31,34). The third-order valence-electron chi connectivity index (χ3n) is 5.35. The quantitative estimate of drug-likeness (QED) is 0.385. The van der Waals surface area contributed by atoms with E-state index < -0.39 is 12.3 Å². The Morgan fingerprint density at radius 2 is 1.92 bits per heavy atom. The number of carbonyl (C=O) groups excluding carboxylic acids is 2. The summed E-state index contributed by atoms with van der Waals surface area (Å²) in [7, 11) is 0. The number of hydrogen-bond donors (Lipinski definition) is 2. The van der Waals surface area contributed by atoms with Gasteiger partial charge in [-0.3, -0.25) is 14.3 Å². The summed E-state index contributed by atoms with van der Waals surface area (Å²) >= 11 is 0. The number of ether oxygens (including phenoxy) is 1. The number of carbonyl (C=O) groups is 2. The number of rotatable bonds is 11. The number of alkyl halides is 3. The van der Waals surface area contributed by atoms with E-state index in [2.05, 4.69) is 35.9 Å². The minimum Gasteiger partial charge on any atom is -0.406 e. The van der Waals surface area contributed by atoms with Gasteiger partial charge in [0.05, 0.1) is 11.9 Å². The van der Waals surface area contributed by atoms with Gasteiger partial charge in [0.1, 0.15) is 5.75 Å². The third kappa shape index (κ3) is 7.75. The van der Waals surface area contributed by atoms with Crippen molar-refractivity contribution >= 4 is 17.6 Å². The minimum absolute atomic E-state index is 0.00480. The van der Waals surface area contributed by atoms with Gasteiger partial charge in [-0.25, -0.2) is 0 Å². The van der Waals surface area contributed by atoms with E-state index in [1.807, 2.05) is 6.07 Å². The van der Waals surface area contributed by atoms with E-state index in [1.54, 1.807) is 16.8 Å². The smallest absolute Gasteiger partial charge is 0.406 e. The van der Waals surface area contributed by atoms with Gasteiger partial charge in [-0.1, -0.05) is 17.3 Å². The molecular formula is C23H24F3N7O3. The highest BCUT2D eigenvalue weighted by atomic mass is 19.4. The Labute approximate surface area is 204 Å². The van der Waals surface area contributed by atoms with Crippen LogP contribution in [0.5, 0.6) is 5.75 Å². The predicted octanol–water partition coefficient (Wildman–Crippen LogP) is 3.27. The first-order valence-electron chi connectivity index (χ1n) is 11.4. The first-order valence-corrected chi connectivity index (χ1v) is 11.4. The van der Waals surface area contributed by atoms with Gasteiger partial charge in [0, 0.05) is 19.0 Å². The maximum absolute atomic E-state index is 12.4. The SMILES string of the molecule is O=C(NCc1cccc(OC(F)(F)F)c1)c1cn(CCCCc2ccc(NC(=O)C3CC3)nn2)nn1. The van der Waals surface area contributed by atoms with Gasteiger partial charge < -0.3 is 15.4 Å². The fourth-order valence-electron chi connectivity index (χ4n) is 3.35. The fourth-order valence-corrected chi connectivity index (χ4v) is 3.35. The lowest BCUT2D eigenvalue weighted by Crippen LogP contribution is -2.23. The monoisotopic (exact) mass is 503 g/mol. The first kappa shape index (κ1) is 25.1. The van der Waals surface area contributed by atoms with E-state index >= 15 is 0 Å². The normalized spacial score (nSPS) is 13.3. The molecule has 1 aliphatic carbocycles. The molecule has 1 fully saturated rings. The lowest BCUT2D eigenvalue weighted by Gasteiger charge is -2.10. The Morgan fingerprint density at radius 3 is 2.64 bits per heavy atom. The molecule has 10 nitrogen and oxygen atoms in total. The van der Waals surface area contributed by atoms with E-state index in [0.717, 1.165) is 31.4 Å². The zero-order valence-electron chi connectivity index (χ0n) is 19.2. The number of unbranched alkanes of at least 4 members (excludes halogenated alkanes) is 1. The molecule has 0 unspecified atom stereocenters. The fraction of sp³-hybridized carbons (Fsp3) is 0.391. The minimum atomic E-state index is -4.79. The second-order valence-corrected chi connectivity index (χ2v) is 8.38. The van der Waals surface area contributed by atoms with Crippen LogP contribution >= 0.6 is 0 Å². The number of aryl methyl sites for hydroxylation is 2. The molecule has 2 amide bonds.